The Morgan fingerprint density at radius 2 is 2.12 bits per heavy atom. The number of hydrogen-bond donors (Lipinski definition) is 3. The van der Waals surface area contributed by atoms with Crippen molar-refractivity contribution >= 4 is 5.91 Å². The summed E-state index contributed by atoms with van der Waals surface area (Å²) in [7, 11) is 0. The van der Waals surface area contributed by atoms with Crippen molar-refractivity contribution < 1.29 is 9.53 Å². The lowest BCUT2D eigenvalue weighted by molar-refractivity contribution is -0.122. The van der Waals surface area contributed by atoms with Crippen molar-refractivity contribution in [3.05, 3.63) is 0 Å². The first-order valence-electron chi connectivity index (χ1n) is 5.80. The van der Waals surface area contributed by atoms with E-state index in [0.717, 1.165) is 26.2 Å². The lowest BCUT2D eigenvalue weighted by atomic mass is 10.3. The first-order chi connectivity index (χ1) is 7.83. The number of carbonyl (C=O) groups is 1. The van der Waals surface area contributed by atoms with Gasteiger partial charge in [-0.1, -0.05) is 0 Å². The van der Waals surface area contributed by atoms with Crippen LogP contribution in [0.3, 0.4) is 0 Å². The number of hydrogen-bond acceptors (Lipinski definition) is 5. The highest BCUT2D eigenvalue weighted by Gasteiger charge is 2.12. The largest absolute Gasteiger partial charge is 0.378 e. The smallest absolute Gasteiger partial charge is 0.234 e. The third-order valence-electron chi connectivity index (χ3n) is 2.41. The third kappa shape index (κ3) is 6.02. The van der Waals surface area contributed by atoms with Crippen molar-refractivity contribution in [2.24, 2.45) is 5.73 Å². The van der Waals surface area contributed by atoms with Crippen molar-refractivity contribution in [3.8, 4) is 0 Å². The average molecular weight is 230 g/mol. The minimum atomic E-state index is 0.0678. The van der Waals surface area contributed by atoms with E-state index in [1.807, 2.05) is 0 Å². The Kier molecular flexibility index (Phi) is 7.07. The molecule has 0 spiro atoms. The summed E-state index contributed by atoms with van der Waals surface area (Å²) >= 11 is 0. The standard InChI is InChI=1S/C10H22N4O2/c11-1-7-16-8-4-13-10(15)9-14-5-2-12-3-6-14/h12H,1-9,11H2,(H,13,15). The van der Waals surface area contributed by atoms with E-state index in [0.29, 0.717) is 32.8 Å². The van der Waals surface area contributed by atoms with Crippen LogP contribution in [-0.2, 0) is 9.53 Å². The minimum absolute atomic E-state index is 0.0678. The lowest BCUT2D eigenvalue weighted by Gasteiger charge is -2.26. The lowest BCUT2D eigenvalue weighted by Crippen LogP contribution is -2.47. The molecule has 0 aromatic rings. The number of nitrogens with one attached hydrogen (secondary N) is 2. The molecule has 0 bridgehead atoms. The van der Waals surface area contributed by atoms with Gasteiger partial charge >= 0.3 is 0 Å². The first kappa shape index (κ1) is 13.4. The molecule has 1 fully saturated rings. The van der Waals surface area contributed by atoms with Crippen LogP contribution in [0.2, 0.25) is 0 Å². The van der Waals surface area contributed by atoms with E-state index < -0.39 is 0 Å². The molecule has 94 valence electrons. The van der Waals surface area contributed by atoms with Gasteiger partial charge in [0.25, 0.3) is 0 Å². The fourth-order valence-electron chi connectivity index (χ4n) is 1.58. The zero-order valence-electron chi connectivity index (χ0n) is 9.71. The van der Waals surface area contributed by atoms with Gasteiger partial charge in [-0.05, 0) is 0 Å². The predicted octanol–water partition coefficient (Wildman–Crippen LogP) is -2.02. The molecule has 1 aliphatic heterocycles. The Morgan fingerprint density at radius 3 is 2.81 bits per heavy atom. The maximum Gasteiger partial charge on any atom is 0.234 e. The molecule has 0 radical (unpaired) electrons. The van der Waals surface area contributed by atoms with Crippen LogP contribution in [0.25, 0.3) is 0 Å². The summed E-state index contributed by atoms with van der Waals surface area (Å²) in [5.41, 5.74) is 5.27. The molecule has 0 aromatic carbocycles. The molecule has 1 amide bonds. The number of ether oxygens (including phenoxy) is 1. The van der Waals surface area contributed by atoms with Gasteiger partial charge in [0.05, 0.1) is 19.8 Å². The monoisotopic (exact) mass is 230 g/mol. The molecule has 1 saturated heterocycles. The number of amides is 1. The third-order valence-corrected chi connectivity index (χ3v) is 2.41. The van der Waals surface area contributed by atoms with E-state index in [1.165, 1.54) is 0 Å². The summed E-state index contributed by atoms with van der Waals surface area (Å²) in [4.78, 5) is 13.6. The zero-order valence-corrected chi connectivity index (χ0v) is 9.71. The average Bonchev–Trinajstić information content (AvgIpc) is 2.30. The van der Waals surface area contributed by atoms with Crippen LogP contribution < -0.4 is 16.4 Å². The van der Waals surface area contributed by atoms with Gasteiger partial charge in [0.1, 0.15) is 0 Å². The SMILES string of the molecule is NCCOCCNC(=O)CN1CCNCC1. The van der Waals surface area contributed by atoms with E-state index in [1.54, 1.807) is 0 Å². The van der Waals surface area contributed by atoms with Gasteiger partial charge in [0, 0.05) is 39.3 Å². The van der Waals surface area contributed by atoms with Gasteiger partial charge < -0.3 is 21.1 Å². The molecular formula is C10H22N4O2. The van der Waals surface area contributed by atoms with Crippen molar-refractivity contribution in [1.29, 1.82) is 0 Å². The topological polar surface area (TPSA) is 79.6 Å². The Bertz CT molecular complexity index is 195. The van der Waals surface area contributed by atoms with Crippen LogP contribution in [0.4, 0.5) is 0 Å². The molecule has 0 aromatic heterocycles. The number of nitrogens with zero attached hydrogens (tertiary/aromatic N) is 1. The van der Waals surface area contributed by atoms with Crippen molar-refractivity contribution in [3.63, 3.8) is 0 Å². The highest BCUT2D eigenvalue weighted by Crippen LogP contribution is 1.90. The second-order valence-electron chi connectivity index (χ2n) is 3.78. The van der Waals surface area contributed by atoms with Gasteiger partial charge in [-0.3, -0.25) is 9.69 Å². The summed E-state index contributed by atoms with van der Waals surface area (Å²) in [5, 5.41) is 6.07. The van der Waals surface area contributed by atoms with E-state index in [2.05, 4.69) is 15.5 Å². The Hall–Kier alpha value is -0.690. The quantitative estimate of drug-likeness (QED) is 0.440. The van der Waals surface area contributed by atoms with E-state index in [9.17, 15) is 4.79 Å². The second-order valence-corrected chi connectivity index (χ2v) is 3.78. The van der Waals surface area contributed by atoms with Crippen LogP contribution in [0, 0.1) is 0 Å². The van der Waals surface area contributed by atoms with Crippen molar-refractivity contribution in [2.45, 2.75) is 0 Å². The molecule has 0 aliphatic carbocycles. The van der Waals surface area contributed by atoms with Gasteiger partial charge in [-0.25, -0.2) is 0 Å². The first-order valence-corrected chi connectivity index (χ1v) is 5.80. The normalized spacial score (nSPS) is 17.3. The summed E-state index contributed by atoms with van der Waals surface area (Å²) in [6.45, 7) is 6.46. The van der Waals surface area contributed by atoms with Crippen LogP contribution in [-0.4, -0.2) is 69.8 Å². The molecule has 0 saturated carbocycles. The highest BCUT2D eigenvalue weighted by molar-refractivity contribution is 5.77. The van der Waals surface area contributed by atoms with Gasteiger partial charge in [-0.2, -0.15) is 0 Å². The van der Waals surface area contributed by atoms with Crippen molar-refractivity contribution in [2.75, 3.05) is 59.0 Å². The molecule has 6 heteroatoms. The van der Waals surface area contributed by atoms with Gasteiger partial charge in [-0.15, -0.1) is 0 Å². The van der Waals surface area contributed by atoms with E-state index in [-0.39, 0.29) is 5.91 Å². The maximum atomic E-state index is 11.5. The number of carbonyl (C=O) groups excluding carboxylic acids is 1. The fraction of sp³-hybridized carbons (Fsp3) is 0.900. The summed E-state index contributed by atoms with van der Waals surface area (Å²) in [6.07, 6.45) is 0. The molecule has 0 atom stereocenters. The van der Waals surface area contributed by atoms with Crippen LogP contribution in [0.5, 0.6) is 0 Å². The summed E-state index contributed by atoms with van der Waals surface area (Å²) in [6, 6.07) is 0. The highest BCUT2D eigenvalue weighted by atomic mass is 16.5. The second kappa shape index (κ2) is 8.46. The number of rotatable bonds is 7. The molecule has 6 nitrogen and oxygen atoms in total. The van der Waals surface area contributed by atoms with Crippen LogP contribution in [0.15, 0.2) is 0 Å². The molecular weight excluding hydrogens is 208 g/mol. The Morgan fingerprint density at radius 1 is 1.38 bits per heavy atom. The molecule has 0 unspecified atom stereocenters. The van der Waals surface area contributed by atoms with Crippen LogP contribution >= 0.6 is 0 Å². The van der Waals surface area contributed by atoms with Gasteiger partial charge in [0.2, 0.25) is 5.91 Å². The van der Waals surface area contributed by atoms with Crippen molar-refractivity contribution in [1.82, 2.24) is 15.5 Å². The Labute approximate surface area is 96.5 Å². The molecule has 1 heterocycles. The number of piperazine rings is 1. The molecule has 1 rings (SSSR count). The minimum Gasteiger partial charge on any atom is -0.378 e. The summed E-state index contributed by atoms with van der Waals surface area (Å²) < 4.78 is 5.16. The number of nitrogens with two attached hydrogens (primary N) is 1. The Balaban J connectivity index is 1.97. The maximum absolute atomic E-state index is 11.5. The van der Waals surface area contributed by atoms with E-state index >= 15 is 0 Å². The predicted molar refractivity (Wildman–Crippen MR) is 62.2 cm³/mol. The van der Waals surface area contributed by atoms with E-state index in [4.69, 9.17) is 10.5 Å². The zero-order chi connectivity index (χ0) is 11.6. The summed E-state index contributed by atoms with van der Waals surface area (Å²) in [5.74, 6) is 0.0678. The van der Waals surface area contributed by atoms with Crippen LogP contribution in [0.1, 0.15) is 0 Å². The molecule has 1 aliphatic rings. The van der Waals surface area contributed by atoms with Gasteiger partial charge in [0.15, 0.2) is 0 Å². The molecule has 16 heavy (non-hydrogen) atoms. The fourth-order valence-corrected chi connectivity index (χ4v) is 1.58. The molecule has 4 N–H and O–H groups in total.